The van der Waals surface area contributed by atoms with Crippen LogP contribution in [0.25, 0.3) is 0 Å². The van der Waals surface area contributed by atoms with E-state index in [1.165, 1.54) is 24.3 Å². The minimum Gasteiger partial charge on any atom is -0.312 e. The minimum atomic E-state index is -3.64. The Balaban J connectivity index is 1.96. The number of allylic oxidation sites excluding steroid dienone is 4. The molecule has 1 aliphatic carbocycles. The highest BCUT2D eigenvalue weighted by Crippen LogP contribution is 2.04. The number of benzene rings is 1. The number of hydrogen-bond donors (Lipinski definition) is 0. The summed E-state index contributed by atoms with van der Waals surface area (Å²) in [5.41, 5.74) is 1.06. The molecule has 0 saturated heterocycles. The van der Waals surface area contributed by atoms with E-state index in [9.17, 15) is 13.2 Å². The van der Waals surface area contributed by atoms with Crippen LogP contribution in [0.5, 0.6) is 0 Å². The number of nitrogens with zero attached hydrogens (tertiary/aromatic N) is 2. The van der Waals surface area contributed by atoms with Crippen LogP contribution in [0.1, 0.15) is 10.4 Å². The van der Waals surface area contributed by atoms with Crippen LogP contribution in [0, 0.1) is 0 Å². The van der Waals surface area contributed by atoms with Crippen molar-refractivity contribution in [1.29, 1.82) is 0 Å². The van der Waals surface area contributed by atoms with E-state index in [2.05, 4.69) is 14.6 Å². The molecule has 1 aliphatic rings. The van der Waals surface area contributed by atoms with E-state index >= 15 is 0 Å². The number of rotatable bonds is 4. The van der Waals surface area contributed by atoms with Crippen molar-refractivity contribution >= 4 is 27.5 Å². The third-order valence-corrected chi connectivity index (χ3v) is 2.72. The maximum absolute atomic E-state index is 11.7. The van der Waals surface area contributed by atoms with Crippen LogP contribution in [0.4, 0.5) is 0 Å². The standard InChI is InChI=1S/C14H12N2O5S/c1-22(18,19)21-16-13-9-7-12(8-10-13)15-20-14(17)11-5-3-2-4-6-11/h2-10H,1H3. The average molecular weight is 320 g/mol. The predicted molar refractivity (Wildman–Crippen MR) is 80.9 cm³/mol. The first-order valence-electron chi connectivity index (χ1n) is 6.11. The van der Waals surface area contributed by atoms with Crippen LogP contribution in [0.15, 0.2) is 64.9 Å². The van der Waals surface area contributed by atoms with Crippen molar-refractivity contribution in [3.8, 4) is 0 Å². The smallest absolute Gasteiger partial charge is 0.312 e. The maximum atomic E-state index is 11.7. The second-order valence-electron chi connectivity index (χ2n) is 4.22. The molecule has 0 saturated carbocycles. The summed E-state index contributed by atoms with van der Waals surface area (Å²) >= 11 is 0. The molecular weight excluding hydrogens is 308 g/mol. The molecule has 0 aromatic heterocycles. The van der Waals surface area contributed by atoms with Gasteiger partial charge in [-0.1, -0.05) is 28.5 Å². The van der Waals surface area contributed by atoms with E-state index in [0.717, 1.165) is 6.26 Å². The van der Waals surface area contributed by atoms with E-state index in [1.54, 1.807) is 30.3 Å². The highest BCUT2D eigenvalue weighted by atomic mass is 32.2. The van der Waals surface area contributed by atoms with Gasteiger partial charge < -0.3 is 4.84 Å². The fraction of sp³-hybridized carbons (Fsp3) is 0.0714. The Morgan fingerprint density at radius 2 is 1.50 bits per heavy atom. The molecule has 2 rings (SSSR count). The third kappa shape index (κ3) is 4.98. The van der Waals surface area contributed by atoms with Crippen molar-refractivity contribution in [2.75, 3.05) is 6.26 Å². The number of carbonyl (C=O) groups is 1. The lowest BCUT2D eigenvalue weighted by atomic mass is 10.1. The molecule has 0 bridgehead atoms. The van der Waals surface area contributed by atoms with Gasteiger partial charge >= 0.3 is 16.1 Å². The first kappa shape index (κ1) is 15.6. The predicted octanol–water partition coefficient (Wildman–Crippen LogP) is 1.66. The topological polar surface area (TPSA) is 94.4 Å². The normalized spacial score (nSPS) is 13.7. The van der Waals surface area contributed by atoms with Crippen LogP contribution in [-0.4, -0.2) is 32.1 Å². The van der Waals surface area contributed by atoms with Crippen molar-refractivity contribution < 1.29 is 22.3 Å². The van der Waals surface area contributed by atoms with Crippen LogP contribution in [0.3, 0.4) is 0 Å². The van der Waals surface area contributed by atoms with Crippen molar-refractivity contribution in [2.24, 2.45) is 10.3 Å². The van der Waals surface area contributed by atoms with Crippen LogP contribution in [-0.2, 0) is 19.2 Å². The van der Waals surface area contributed by atoms with Gasteiger partial charge in [-0.3, -0.25) is 4.28 Å². The molecule has 0 amide bonds. The lowest BCUT2D eigenvalue weighted by Crippen LogP contribution is -2.06. The van der Waals surface area contributed by atoms with Gasteiger partial charge in [-0.05, 0) is 36.4 Å². The Hall–Kier alpha value is -2.74. The maximum Gasteiger partial charge on any atom is 0.365 e. The number of carbonyl (C=O) groups excluding carboxylic acids is 1. The van der Waals surface area contributed by atoms with Crippen molar-refractivity contribution in [3.05, 3.63) is 60.2 Å². The Morgan fingerprint density at radius 3 is 2.05 bits per heavy atom. The second-order valence-corrected chi connectivity index (χ2v) is 5.78. The van der Waals surface area contributed by atoms with Crippen molar-refractivity contribution in [1.82, 2.24) is 0 Å². The fourth-order valence-corrected chi connectivity index (χ4v) is 1.63. The molecule has 0 spiro atoms. The van der Waals surface area contributed by atoms with Gasteiger partial charge in [0, 0.05) is 0 Å². The molecule has 0 aliphatic heterocycles. The summed E-state index contributed by atoms with van der Waals surface area (Å²) in [6.45, 7) is 0. The zero-order valence-electron chi connectivity index (χ0n) is 11.5. The SMILES string of the molecule is CS(=O)(=O)ON=C1C=CC(=NOC(=O)c2ccccc2)C=C1. The zero-order chi connectivity index (χ0) is 16.0. The van der Waals surface area contributed by atoms with Gasteiger partial charge in [0.05, 0.1) is 11.8 Å². The van der Waals surface area contributed by atoms with Gasteiger partial charge in [-0.2, -0.15) is 8.42 Å². The first-order valence-corrected chi connectivity index (χ1v) is 7.93. The molecule has 0 unspecified atom stereocenters. The summed E-state index contributed by atoms with van der Waals surface area (Å²) in [7, 11) is -3.64. The monoisotopic (exact) mass is 320 g/mol. The summed E-state index contributed by atoms with van der Waals surface area (Å²) < 4.78 is 25.9. The van der Waals surface area contributed by atoms with Gasteiger partial charge in [0.1, 0.15) is 11.4 Å². The molecule has 1 aromatic carbocycles. The highest BCUT2D eigenvalue weighted by molar-refractivity contribution is 7.85. The summed E-state index contributed by atoms with van der Waals surface area (Å²) in [6, 6.07) is 8.45. The van der Waals surface area contributed by atoms with Crippen LogP contribution >= 0.6 is 0 Å². The van der Waals surface area contributed by atoms with E-state index in [-0.39, 0.29) is 0 Å². The Kier molecular flexibility index (Phi) is 4.84. The summed E-state index contributed by atoms with van der Waals surface area (Å²) in [6.07, 6.45) is 6.84. The lowest BCUT2D eigenvalue weighted by Gasteiger charge is -2.02. The number of oxime groups is 2. The number of hydrogen-bond acceptors (Lipinski definition) is 7. The Labute approximate surface area is 127 Å². The molecule has 8 heteroatoms. The fourth-order valence-electron chi connectivity index (χ4n) is 1.41. The van der Waals surface area contributed by atoms with Gasteiger partial charge in [-0.15, -0.1) is 0 Å². The van der Waals surface area contributed by atoms with E-state index < -0.39 is 16.1 Å². The van der Waals surface area contributed by atoms with Gasteiger partial charge in [0.25, 0.3) is 0 Å². The van der Waals surface area contributed by atoms with E-state index in [0.29, 0.717) is 17.0 Å². The summed E-state index contributed by atoms with van der Waals surface area (Å²) in [5.74, 6) is -0.574. The molecule has 0 N–H and O–H groups in total. The van der Waals surface area contributed by atoms with Crippen LogP contribution in [0.2, 0.25) is 0 Å². The van der Waals surface area contributed by atoms with Crippen LogP contribution < -0.4 is 0 Å². The first-order chi connectivity index (χ1) is 10.4. The molecule has 0 fully saturated rings. The Morgan fingerprint density at radius 1 is 0.955 bits per heavy atom. The molecule has 0 heterocycles. The quantitative estimate of drug-likeness (QED) is 0.478. The molecule has 114 valence electrons. The second kappa shape index (κ2) is 6.81. The summed E-state index contributed by atoms with van der Waals surface area (Å²) in [4.78, 5) is 16.5. The molecule has 22 heavy (non-hydrogen) atoms. The minimum absolute atomic E-state index is 0.291. The molecule has 1 aromatic rings. The van der Waals surface area contributed by atoms with Gasteiger partial charge in [-0.25, -0.2) is 4.79 Å². The van der Waals surface area contributed by atoms with Crippen molar-refractivity contribution in [2.45, 2.75) is 0 Å². The Bertz CT molecular complexity index is 759. The largest absolute Gasteiger partial charge is 0.365 e. The zero-order valence-corrected chi connectivity index (χ0v) is 12.4. The lowest BCUT2D eigenvalue weighted by molar-refractivity contribution is 0.0517. The highest BCUT2D eigenvalue weighted by Gasteiger charge is 2.07. The van der Waals surface area contributed by atoms with E-state index in [1.807, 2.05) is 0 Å². The average Bonchev–Trinajstić information content (AvgIpc) is 2.52. The van der Waals surface area contributed by atoms with Gasteiger partial charge in [0.2, 0.25) is 0 Å². The third-order valence-electron chi connectivity index (χ3n) is 2.37. The molecule has 7 nitrogen and oxygen atoms in total. The van der Waals surface area contributed by atoms with E-state index in [4.69, 9.17) is 4.84 Å². The van der Waals surface area contributed by atoms with Gasteiger partial charge in [0.15, 0.2) is 0 Å². The molecular formula is C14H12N2O5S. The summed E-state index contributed by atoms with van der Waals surface area (Å²) in [5, 5.41) is 7.11. The molecule has 0 radical (unpaired) electrons. The van der Waals surface area contributed by atoms with Crippen molar-refractivity contribution in [3.63, 3.8) is 0 Å². The molecule has 0 atom stereocenters.